The molecule has 2 aliphatic carbocycles. The zero-order chi connectivity index (χ0) is 36.6. The van der Waals surface area contributed by atoms with Gasteiger partial charge in [0.05, 0.1) is 0 Å². The maximum absolute atomic E-state index is 8.82. The summed E-state index contributed by atoms with van der Waals surface area (Å²) in [6.07, 6.45) is 4.93. The fraction of sp³-hybridized carbons (Fsp3) is 0.208. The fourth-order valence-corrected chi connectivity index (χ4v) is 41.5. The molecule has 8 rings (SSSR count). The molecule has 0 fully saturated rings. The van der Waals surface area contributed by atoms with E-state index in [4.69, 9.17) is 17.0 Å². The van der Waals surface area contributed by atoms with Crippen LogP contribution >= 0.6 is 17.0 Å². The van der Waals surface area contributed by atoms with E-state index in [2.05, 4.69) is 181 Å². The molecule has 0 heterocycles. The van der Waals surface area contributed by atoms with Gasteiger partial charge in [-0.25, -0.2) is 0 Å². The summed E-state index contributed by atoms with van der Waals surface area (Å²) < 4.78 is 0.0480. The van der Waals surface area contributed by atoms with E-state index in [1.165, 1.54) is 88.7 Å². The zero-order valence-electron chi connectivity index (χ0n) is 31.3. The molecule has 6 aromatic carbocycles. The number of aryl methyl sites for hydroxylation is 2. The summed E-state index contributed by atoms with van der Waals surface area (Å²) in [5.74, 6) is -1.41. The average molecular weight is 814 g/mol. The quantitative estimate of drug-likeness (QED) is 0.141. The van der Waals surface area contributed by atoms with Crippen LogP contribution in [0.5, 0.6) is 0 Å². The number of benzene rings is 6. The van der Waals surface area contributed by atoms with Crippen LogP contribution in [0.1, 0.15) is 61.4 Å². The van der Waals surface area contributed by atoms with Crippen molar-refractivity contribution < 1.29 is 15.6 Å². The zero-order valence-corrected chi connectivity index (χ0v) is 36.4. The molecule has 0 nitrogen and oxygen atoms in total. The van der Waals surface area contributed by atoms with Crippen LogP contribution in [0, 0.1) is 19.8 Å². The SMILES string of the molecule is CC1=Cc2c(-c3ccc(C)cc3)cc(-c3ccc(C)cc3)cc2[CH]1[Zr]([Cl])([Cl])([CH]1C(C(C)C)=Cc2c(-c3cccc4ccccc34)cccc21)[SiH](C)C. The Bertz CT molecular complexity index is 2430. The molecule has 0 spiro atoms. The summed E-state index contributed by atoms with van der Waals surface area (Å²) in [6.45, 7) is 16.2. The van der Waals surface area contributed by atoms with E-state index in [-0.39, 0.29) is 7.25 Å². The van der Waals surface area contributed by atoms with Crippen LogP contribution in [0.15, 0.2) is 132 Å². The molecular weight excluding hydrogens is 767 g/mol. The van der Waals surface area contributed by atoms with E-state index < -0.39 is 21.5 Å². The van der Waals surface area contributed by atoms with Crippen LogP contribution in [0.4, 0.5) is 0 Å². The Hall–Kier alpha value is -3.26. The molecule has 2 unspecified atom stereocenters. The Morgan fingerprint density at radius 1 is 0.558 bits per heavy atom. The van der Waals surface area contributed by atoms with Crippen molar-refractivity contribution in [2.75, 3.05) is 0 Å². The molecule has 0 aromatic heterocycles. The summed E-state index contributed by atoms with van der Waals surface area (Å²) >= 11 is -4.98. The van der Waals surface area contributed by atoms with Crippen LogP contribution in [0.2, 0.25) is 13.1 Å². The molecule has 0 aliphatic heterocycles. The van der Waals surface area contributed by atoms with E-state index in [1.54, 1.807) is 0 Å². The summed E-state index contributed by atoms with van der Waals surface area (Å²) in [4.78, 5) is 0. The van der Waals surface area contributed by atoms with Gasteiger partial charge in [0.2, 0.25) is 0 Å². The van der Waals surface area contributed by atoms with Crippen molar-refractivity contribution in [2.45, 2.75) is 55.0 Å². The molecule has 52 heavy (non-hydrogen) atoms. The number of hydrogen-bond donors (Lipinski definition) is 0. The van der Waals surface area contributed by atoms with E-state index in [1.807, 2.05) is 0 Å². The second kappa shape index (κ2) is 13.2. The van der Waals surface area contributed by atoms with Crippen LogP contribution in [0.3, 0.4) is 0 Å². The monoisotopic (exact) mass is 811 g/mol. The maximum atomic E-state index is 8.82. The van der Waals surface area contributed by atoms with E-state index in [0.29, 0.717) is 5.92 Å². The number of fused-ring (bicyclic) bond motifs is 3. The van der Waals surface area contributed by atoms with Gasteiger partial charge in [-0.3, -0.25) is 0 Å². The summed E-state index contributed by atoms with van der Waals surface area (Å²) in [7, 11) is 17.6. The first-order chi connectivity index (χ1) is 24.9. The first kappa shape index (κ1) is 35.8. The van der Waals surface area contributed by atoms with E-state index in [9.17, 15) is 0 Å². The van der Waals surface area contributed by atoms with Gasteiger partial charge in [-0.1, -0.05) is 0 Å². The van der Waals surface area contributed by atoms with Gasteiger partial charge in [0.1, 0.15) is 0 Å². The third-order valence-electron chi connectivity index (χ3n) is 12.1. The molecule has 2 atom stereocenters. The normalized spacial score (nSPS) is 17.6. The number of halogens is 2. The Balaban J connectivity index is 1.38. The molecule has 0 saturated carbocycles. The summed E-state index contributed by atoms with van der Waals surface area (Å²) in [5, 5.41) is 2.53. The molecule has 261 valence electrons. The summed E-state index contributed by atoms with van der Waals surface area (Å²) in [5.41, 5.74) is 18.0. The number of hydrogen-bond acceptors (Lipinski definition) is 0. The van der Waals surface area contributed by atoms with Crippen molar-refractivity contribution in [3.8, 4) is 33.4 Å². The first-order valence-electron chi connectivity index (χ1n) is 18.8. The molecule has 0 N–H and O–H groups in total. The Kier molecular flexibility index (Phi) is 9.11. The first-order valence-corrected chi connectivity index (χ1v) is 35.1. The second-order valence-corrected chi connectivity index (χ2v) is 58.5. The second-order valence-electron chi connectivity index (χ2n) is 16.0. The average Bonchev–Trinajstić information content (AvgIpc) is 3.71. The topological polar surface area (TPSA) is 0 Å². The van der Waals surface area contributed by atoms with Crippen molar-refractivity contribution in [1.29, 1.82) is 0 Å². The van der Waals surface area contributed by atoms with Crippen molar-refractivity contribution in [1.82, 2.24) is 0 Å². The molecule has 0 saturated heterocycles. The third kappa shape index (κ3) is 5.63. The van der Waals surface area contributed by atoms with E-state index in [0.717, 1.165) is 0 Å². The third-order valence-corrected chi connectivity index (χ3v) is 64.1. The number of rotatable bonds is 7. The van der Waals surface area contributed by atoms with Crippen molar-refractivity contribution >= 4 is 45.9 Å². The van der Waals surface area contributed by atoms with Crippen LogP contribution in [-0.2, 0) is 15.6 Å². The molecule has 0 amide bonds. The van der Waals surface area contributed by atoms with Crippen LogP contribution in [0.25, 0.3) is 56.3 Å². The van der Waals surface area contributed by atoms with Gasteiger partial charge in [-0.15, -0.1) is 0 Å². The molecule has 6 aromatic rings. The van der Waals surface area contributed by atoms with Gasteiger partial charge >= 0.3 is 322 Å². The summed E-state index contributed by atoms with van der Waals surface area (Å²) in [6, 6.07) is 45.1. The molecule has 4 heteroatoms. The van der Waals surface area contributed by atoms with Crippen molar-refractivity contribution in [3.05, 3.63) is 166 Å². The number of allylic oxidation sites excluding steroid dienone is 2. The van der Waals surface area contributed by atoms with Gasteiger partial charge in [-0.2, -0.15) is 0 Å². The molecule has 2 aliphatic rings. The predicted octanol–water partition coefficient (Wildman–Crippen LogP) is 14.7. The van der Waals surface area contributed by atoms with Crippen molar-refractivity contribution in [3.63, 3.8) is 0 Å². The predicted molar refractivity (Wildman–Crippen MR) is 229 cm³/mol. The van der Waals surface area contributed by atoms with Gasteiger partial charge in [-0.05, 0) is 0 Å². The van der Waals surface area contributed by atoms with Gasteiger partial charge in [0.25, 0.3) is 0 Å². The van der Waals surface area contributed by atoms with Crippen LogP contribution < -0.4 is 0 Å². The molecular formula is C48H47Cl2SiZr. The standard InChI is InChI=1S/C24H21.C22H19.C2H7Si.2ClH.Zr/c1-16-4-8-19(9-5-16)21-14-22-12-18(3)13-23(22)24(15-21)20-10-6-17(2)7-11-20;1-15(2)18-13-17-9-6-12-21(22(17)14-18)20-11-5-8-16-7-3-4-10-19(16)20;1-3-2;;;/h4-15H,1-3H3;3-15H,1-2H3;3H,1-2H3;2*1H;/q;;;;;+2/p-2. The fourth-order valence-electron chi connectivity index (χ4n) is 9.32. The Labute approximate surface area is 319 Å². The van der Waals surface area contributed by atoms with Crippen molar-refractivity contribution in [2.24, 2.45) is 5.92 Å². The Morgan fingerprint density at radius 2 is 1.15 bits per heavy atom. The van der Waals surface area contributed by atoms with Gasteiger partial charge in [0, 0.05) is 0 Å². The molecule has 0 radical (unpaired) electrons. The van der Waals surface area contributed by atoms with Gasteiger partial charge < -0.3 is 0 Å². The van der Waals surface area contributed by atoms with Gasteiger partial charge in [0.15, 0.2) is 0 Å². The minimum atomic E-state index is -4.98. The minimum absolute atomic E-state index is 0.0142. The van der Waals surface area contributed by atoms with Crippen LogP contribution in [-0.4, -0.2) is 5.92 Å². The van der Waals surface area contributed by atoms with E-state index >= 15 is 0 Å². The molecule has 0 bridgehead atoms. The Morgan fingerprint density at radius 3 is 1.83 bits per heavy atom.